The van der Waals surface area contributed by atoms with Gasteiger partial charge in [0, 0.05) is 27.7 Å². The number of allylic oxidation sites excluding steroid dienone is 2. The SMILES string of the molecule is CC1(C)CC(=O)C2=C(C1)Nc1ncc(F)c(I)c1C2(C)c1cccc(Br)c1. The fourth-order valence-electron chi connectivity index (χ4n) is 4.38. The Balaban J connectivity index is 2.08. The van der Waals surface area contributed by atoms with Gasteiger partial charge in [-0.25, -0.2) is 9.37 Å². The largest absolute Gasteiger partial charge is 0.343 e. The smallest absolute Gasteiger partial charge is 0.162 e. The van der Waals surface area contributed by atoms with Crippen molar-refractivity contribution in [2.45, 2.75) is 39.0 Å². The number of aromatic nitrogens is 1. The van der Waals surface area contributed by atoms with Crippen LogP contribution in [0.25, 0.3) is 0 Å². The van der Waals surface area contributed by atoms with E-state index in [-0.39, 0.29) is 17.0 Å². The average molecular weight is 541 g/mol. The molecule has 0 fully saturated rings. The Kier molecular flexibility index (Phi) is 4.50. The molecule has 1 aliphatic heterocycles. The third-order valence-corrected chi connectivity index (χ3v) is 7.07. The van der Waals surface area contributed by atoms with Gasteiger partial charge in [-0.2, -0.15) is 0 Å². The van der Waals surface area contributed by atoms with Crippen LogP contribution in [0.4, 0.5) is 10.2 Å². The second-order valence-electron chi connectivity index (χ2n) is 8.20. The van der Waals surface area contributed by atoms with Crippen LogP contribution in [0.3, 0.4) is 0 Å². The van der Waals surface area contributed by atoms with E-state index in [0.717, 1.165) is 33.3 Å². The Bertz CT molecular complexity index is 1020. The van der Waals surface area contributed by atoms with Gasteiger partial charge in [-0.1, -0.05) is 41.9 Å². The van der Waals surface area contributed by atoms with Crippen LogP contribution in [0, 0.1) is 14.8 Å². The van der Waals surface area contributed by atoms with Gasteiger partial charge in [-0.05, 0) is 59.0 Å². The van der Waals surface area contributed by atoms with Crippen LogP contribution in [0.5, 0.6) is 0 Å². The highest BCUT2D eigenvalue weighted by Gasteiger charge is 2.49. The summed E-state index contributed by atoms with van der Waals surface area (Å²) in [5.74, 6) is 0.375. The number of fused-ring (bicyclic) bond motifs is 1. The number of Topliss-reactive ketones (excluding diaryl/α,β-unsaturated/α-hetero) is 1. The van der Waals surface area contributed by atoms with E-state index < -0.39 is 5.41 Å². The lowest BCUT2D eigenvalue weighted by atomic mass is 9.62. The molecule has 0 saturated carbocycles. The fraction of sp³-hybridized carbons (Fsp3) is 0.333. The summed E-state index contributed by atoms with van der Waals surface area (Å²) in [5.41, 5.74) is 2.43. The van der Waals surface area contributed by atoms with Crippen molar-refractivity contribution in [3.05, 3.63) is 66.7 Å². The fourth-order valence-corrected chi connectivity index (χ4v) is 5.71. The monoisotopic (exact) mass is 540 g/mol. The van der Waals surface area contributed by atoms with Crippen LogP contribution in [0.2, 0.25) is 0 Å². The lowest BCUT2D eigenvalue weighted by Gasteiger charge is -2.45. The van der Waals surface area contributed by atoms with Crippen molar-refractivity contribution in [2.75, 3.05) is 5.32 Å². The Morgan fingerprint density at radius 3 is 2.70 bits per heavy atom. The van der Waals surface area contributed by atoms with Gasteiger partial charge in [0.2, 0.25) is 0 Å². The molecule has 0 bridgehead atoms. The van der Waals surface area contributed by atoms with Crippen LogP contribution in [0.1, 0.15) is 44.7 Å². The zero-order valence-electron chi connectivity index (χ0n) is 15.3. The number of carbonyl (C=O) groups excluding carboxylic acids is 1. The molecule has 0 amide bonds. The maximum absolute atomic E-state index is 14.5. The maximum Gasteiger partial charge on any atom is 0.162 e. The summed E-state index contributed by atoms with van der Waals surface area (Å²) < 4.78 is 15.9. The number of carbonyl (C=O) groups is 1. The molecule has 4 rings (SSSR count). The van der Waals surface area contributed by atoms with Crippen LogP contribution in [-0.4, -0.2) is 10.8 Å². The molecule has 1 aromatic heterocycles. The van der Waals surface area contributed by atoms with Crippen molar-refractivity contribution in [2.24, 2.45) is 5.41 Å². The molecular weight excluding hydrogens is 522 g/mol. The first-order valence-corrected chi connectivity index (χ1v) is 10.6. The molecular formula is C21H19BrFIN2O. The predicted molar refractivity (Wildman–Crippen MR) is 116 cm³/mol. The maximum atomic E-state index is 14.5. The Hall–Kier alpha value is -1.28. The van der Waals surface area contributed by atoms with Gasteiger partial charge in [0.15, 0.2) is 11.6 Å². The number of nitrogens with one attached hydrogen (secondary N) is 1. The summed E-state index contributed by atoms with van der Waals surface area (Å²) in [5, 5.41) is 3.36. The molecule has 27 heavy (non-hydrogen) atoms. The molecule has 6 heteroatoms. The van der Waals surface area contributed by atoms with E-state index in [9.17, 15) is 9.18 Å². The molecule has 140 valence electrons. The zero-order valence-corrected chi connectivity index (χ0v) is 19.0. The van der Waals surface area contributed by atoms with Crippen LogP contribution < -0.4 is 5.32 Å². The van der Waals surface area contributed by atoms with Gasteiger partial charge in [0.05, 0.1) is 15.2 Å². The minimum Gasteiger partial charge on any atom is -0.343 e. The lowest BCUT2D eigenvalue weighted by Crippen LogP contribution is -2.43. The molecule has 1 aliphatic carbocycles. The zero-order chi connectivity index (χ0) is 19.6. The first kappa shape index (κ1) is 19.1. The van der Waals surface area contributed by atoms with Crippen LogP contribution in [0.15, 0.2) is 46.2 Å². The normalized spacial score (nSPS) is 23.6. The minimum atomic E-state index is -0.765. The molecule has 1 unspecified atom stereocenters. The second kappa shape index (κ2) is 6.37. The summed E-state index contributed by atoms with van der Waals surface area (Å²) in [4.78, 5) is 17.6. The molecule has 2 aliphatic rings. The quantitative estimate of drug-likeness (QED) is 0.454. The molecule has 0 saturated heterocycles. The van der Waals surface area contributed by atoms with Crippen molar-refractivity contribution >= 4 is 50.1 Å². The molecule has 0 spiro atoms. The van der Waals surface area contributed by atoms with Crippen molar-refractivity contribution in [3.63, 3.8) is 0 Å². The van der Waals surface area contributed by atoms with E-state index in [2.05, 4.69) is 40.1 Å². The molecule has 1 atom stereocenters. The summed E-state index contributed by atoms with van der Waals surface area (Å²) in [7, 11) is 0. The van der Waals surface area contributed by atoms with E-state index in [1.807, 2.05) is 53.8 Å². The number of hydrogen-bond donors (Lipinski definition) is 1. The van der Waals surface area contributed by atoms with Gasteiger partial charge in [-0.3, -0.25) is 4.79 Å². The second-order valence-corrected chi connectivity index (χ2v) is 10.2. The Morgan fingerprint density at radius 1 is 1.26 bits per heavy atom. The average Bonchev–Trinajstić information content (AvgIpc) is 2.56. The van der Waals surface area contributed by atoms with Gasteiger partial charge in [-0.15, -0.1) is 0 Å². The predicted octanol–water partition coefficient (Wildman–Crippen LogP) is 5.96. The van der Waals surface area contributed by atoms with Gasteiger partial charge in [0.1, 0.15) is 5.82 Å². The van der Waals surface area contributed by atoms with Gasteiger partial charge >= 0.3 is 0 Å². The number of benzene rings is 1. The van der Waals surface area contributed by atoms with E-state index in [0.29, 0.717) is 15.8 Å². The number of hydrogen-bond acceptors (Lipinski definition) is 3. The van der Waals surface area contributed by atoms with Crippen LogP contribution >= 0.6 is 38.5 Å². The highest BCUT2D eigenvalue weighted by Crippen LogP contribution is 2.53. The standard InChI is InChI=1S/C21H19BrFIN2O/c1-20(2)8-14-16(15(27)9-20)21(3,11-5-4-6-12(22)7-11)17-18(24)13(23)10-25-19(17)26-14/h4-7,10H,8-9H2,1-3H3,(H,25,26). The van der Waals surface area contributed by atoms with Crippen molar-refractivity contribution in [3.8, 4) is 0 Å². The summed E-state index contributed by atoms with van der Waals surface area (Å²) >= 11 is 5.56. The van der Waals surface area contributed by atoms with E-state index in [4.69, 9.17) is 0 Å². The van der Waals surface area contributed by atoms with Gasteiger partial charge in [0.25, 0.3) is 0 Å². The summed E-state index contributed by atoms with van der Waals surface area (Å²) in [6.45, 7) is 6.22. The number of rotatable bonds is 1. The third kappa shape index (κ3) is 2.95. The minimum absolute atomic E-state index is 0.113. The lowest BCUT2D eigenvalue weighted by molar-refractivity contribution is -0.118. The van der Waals surface area contributed by atoms with Crippen LogP contribution in [-0.2, 0) is 10.2 Å². The summed E-state index contributed by atoms with van der Waals surface area (Å²) in [6, 6.07) is 7.90. The van der Waals surface area contributed by atoms with E-state index in [1.54, 1.807) is 0 Å². The van der Waals surface area contributed by atoms with E-state index >= 15 is 0 Å². The number of pyridine rings is 1. The number of ketones is 1. The molecule has 2 aromatic rings. The van der Waals surface area contributed by atoms with Crippen molar-refractivity contribution in [1.29, 1.82) is 0 Å². The molecule has 3 nitrogen and oxygen atoms in total. The number of anilines is 1. The highest BCUT2D eigenvalue weighted by molar-refractivity contribution is 14.1. The molecule has 0 radical (unpaired) electrons. The first-order valence-electron chi connectivity index (χ1n) is 8.78. The number of halogens is 3. The topological polar surface area (TPSA) is 42.0 Å². The number of nitrogens with zero attached hydrogens (tertiary/aromatic N) is 1. The molecule has 2 heterocycles. The Labute approximate surface area is 180 Å². The van der Waals surface area contributed by atoms with Gasteiger partial charge < -0.3 is 5.32 Å². The summed E-state index contributed by atoms with van der Waals surface area (Å²) in [6.07, 6.45) is 2.48. The third-order valence-electron chi connectivity index (χ3n) is 5.52. The Morgan fingerprint density at radius 2 is 2.00 bits per heavy atom. The molecule has 1 N–H and O–H groups in total. The van der Waals surface area contributed by atoms with Crippen molar-refractivity contribution < 1.29 is 9.18 Å². The first-order chi connectivity index (χ1) is 12.6. The van der Waals surface area contributed by atoms with E-state index in [1.165, 1.54) is 6.20 Å². The van der Waals surface area contributed by atoms with Crippen molar-refractivity contribution in [1.82, 2.24) is 4.98 Å². The molecule has 1 aromatic carbocycles. The highest BCUT2D eigenvalue weighted by atomic mass is 127.